The number of nitrogens with zero attached hydrogens (tertiary/aromatic N) is 2. The molecule has 4 heteroatoms. The molecule has 1 heterocycles. The van der Waals surface area contributed by atoms with Crippen LogP contribution in [0.4, 0.5) is 5.69 Å². The predicted octanol–water partition coefficient (Wildman–Crippen LogP) is 6.57. The van der Waals surface area contributed by atoms with E-state index in [0.29, 0.717) is 0 Å². The average Bonchev–Trinajstić information content (AvgIpc) is 2.90. The lowest BCUT2D eigenvalue weighted by atomic mass is 9.85. The van der Waals surface area contributed by atoms with Crippen LogP contribution in [0.1, 0.15) is 50.3 Å². The molecule has 186 valence electrons. The minimum atomic E-state index is -0.0800. The maximum atomic E-state index is 6.19. The summed E-state index contributed by atoms with van der Waals surface area (Å²) in [4.78, 5) is 4.95. The van der Waals surface area contributed by atoms with E-state index in [0.717, 1.165) is 44.6 Å². The number of likely N-dealkylation sites (tertiary alicyclic amines) is 1. The van der Waals surface area contributed by atoms with Gasteiger partial charge in [-0.3, -0.25) is 4.90 Å². The van der Waals surface area contributed by atoms with Gasteiger partial charge >= 0.3 is 0 Å². The molecule has 0 N–H and O–H groups in total. The summed E-state index contributed by atoms with van der Waals surface area (Å²) in [5.41, 5.74) is 3.84. The van der Waals surface area contributed by atoms with Crippen LogP contribution in [0.3, 0.4) is 0 Å². The Balaban J connectivity index is 1.39. The van der Waals surface area contributed by atoms with Crippen LogP contribution in [0, 0.1) is 0 Å². The molecule has 0 amide bonds. The highest BCUT2D eigenvalue weighted by Gasteiger charge is 2.37. The number of piperidine rings is 1. The van der Waals surface area contributed by atoms with Gasteiger partial charge in [-0.2, -0.15) is 0 Å². The lowest BCUT2D eigenvalue weighted by Crippen LogP contribution is -2.48. The molecule has 1 fully saturated rings. The quantitative estimate of drug-likeness (QED) is 0.333. The van der Waals surface area contributed by atoms with Gasteiger partial charge in [0.1, 0.15) is 5.75 Å². The highest BCUT2D eigenvalue weighted by atomic mass is 16.5. The van der Waals surface area contributed by atoms with Crippen LogP contribution in [0.5, 0.6) is 5.75 Å². The number of methoxy groups -OCH3 is 1. The van der Waals surface area contributed by atoms with Gasteiger partial charge in [-0.05, 0) is 68.5 Å². The second kappa shape index (κ2) is 11.7. The molecule has 0 aromatic heterocycles. The molecule has 0 atom stereocenters. The van der Waals surface area contributed by atoms with Crippen LogP contribution in [0.25, 0.3) is 0 Å². The summed E-state index contributed by atoms with van der Waals surface area (Å²) in [6, 6.07) is 30.5. The Labute approximate surface area is 211 Å². The summed E-state index contributed by atoms with van der Waals surface area (Å²) in [6.45, 7) is 7.11. The summed E-state index contributed by atoms with van der Waals surface area (Å²) >= 11 is 0. The molecule has 4 nitrogen and oxygen atoms in total. The Morgan fingerprint density at radius 1 is 0.829 bits per heavy atom. The number of rotatable bonds is 10. The fourth-order valence-corrected chi connectivity index (χ4v) is 5.18. The highest BCUT2D eigenvalue weighted by molar-refractivity contribution is 5.48. The van der Waals surface area contributed by atoms with Gasteiger partial charge in [0.25, 0.3) is 0 Å². The zero-order valence-corrected chi connectivity index (χ0v) is 21.7. The normalized spacial score (nSPS) is 15.9. The molecule has 3 aromatic carbocycles. The standard InChI is InChI=1S/C31H40N2O2/c1-25(2)35-29-17-15-28(16-18-29)32(3)22-19-31(34-4)20-23-33(24-21-31)30(26-11-7-5-8-12-26)27-13-9-6-10-14-27/h5-18,25,30H,19-24H2,1-4H3. The summed E-state index contributed by atoms with van der Waals surface area (Å²) in [5, 5.41) is 0. The molecule has 1 saturated heterocycles. The van der Waals surface area contributed by atoms with E-state index in [9.17, 15) is 0 Å². The zero-order chi connectivity index (χ0) is 24.7. The monoisotopic (exact) mass is 472 g/mol. The van der Waals surface area contributed by atoms with Crippen LogP contribution in [0.15, 0.2) is 84.9 Å². The van der Waals surface area contributed by atoms with Crippen LogP contribution in [-0.2, 0) is 4.74 Å². The third-order valence-corrected chi connectivity index (χ3v) is 7.29. The fraction of sp³-hybridized carbons (Fsp3) is 0.419. The highest BCUT2D eigenvalue weighted by Crippen LogP contribution is 2.36. The first kappa shape index (κ1) is 25.3. The number of hydrogen-bond donors (Lipinski definition) is 0. The van der Waals surface area contributed by atoms with E-state index < -0.39 is 0 Å². The summed E-state index contributed by atoms with van der Waals surface area (Å²) in [7, 11) is 4.05. The number of hydrogen-bond acceptors (Lipinski definition) is 4. The minimum absolute atomic E-state index is 0.0800. The van der Waals surface area contributed by atoms with Crippen LogP contribution < -0.4 is 9.64 Å². The SMILES string of the molecule is COC1(CCN(C)c2ccc(OC(C)C)cc2)CCN(C(c2ccccc2)c2ccccc2)CC1. The Bertz CT molecular complexity index is 973. The second-order valence-corrected chi connectivity index (χ2v) is 9.98. The molecule has 4 rings (SSSR count). The van der Waals surface area contributed by atoms with Gasteiger partial charge in [-0.15, -0.1) is 0 Å². The van der Waals surface area contributed by atoms with Crippen LogP contribution >= 0.6 is 0 Å². The van der Waals surface area contributed by atoms with Gasteiger partial charge in [0.05, 0.1) is 17.7 Å². The minimum Gasteiger partial charge on any atom is -0.491 e. The molecule has 0 saturated carbocycles. The molecule has 3 aromatic rings. The van der Waals surface area contributed by atoms with E-state index in [4.69, 9.17) is 9.47 Å². The fourth-order valence-electron chi connectivity index (χ4n) is 5.18. The molecule has 0 unspecified atom stereocenters. The van der Waals surface area contributed by atoms with Gasteiger partial charge in [0.15, 0.2) is 0 Å². The van der Waals surface area contributed by atoms with E-state index in [1.54, 1.807) is 0 Å². The first-order chi connectivity index (χ1) is 17.0. The number of anilines is 1. The van der Waals surface area contributed by atoms with Crippen molar-refractivity contribution in [2.75, 3.05) is 38.7 Å². The van der Waals surface area contributed by atoms with Crippen molar-refractivity contribution in [1.29, 1.82) is 0 Å². The Morgan fingerprint density at radius 2 is 1.37 bits per heavy atom. The first-order valence-corrected chi connectivity index (χ1v) is 12.9. The molecular formula is C31H40N2O2. The zero-order valence-electron chi connectivity index (χ0n) is 21.7. The molecule has 0 bridgehead atoms. The second-order valence-electron chi connectivity index (χ2n) is 9.98. The van der Waals surface area contributed by atoms with Crippen molar-refractivity contribution >= 4 is 5.69 Å². The van der Waals surface area contributed by atoms with Crippen molar-refractivity contribution in [3.05, 3.63) is 96.1 Å². The van der Waals surface area contributed by atoms with Crippen molar-refractivity contribution in [3.63, 3.8) is 0 Å². The number of benzene rings is 3. The van der Waals surface area contributed by atoms with E-state index in [1.165, 1.54) is 16.8 Å². The Kier molecular flexibility index (Phi) is 8.48. The molecule has 0 radical (unpaired) electrons. The first-order valence-electron chi connectivity index (χ1n) is 12.9. The third kappa shape index (κ3) is 6.45. The summed E-state index contributed by atoms with van der Waals surface area (Å²) < 4.78 is 12.0. The van der Waals surface area contributed by atoms with E-state index in [2.05, 4.69) is 116 Å². The number of ether oxygens (including phenoxy) is 2. The average molecular weight is 473 g/mol. The van der Waals surface area contributed by atoms with E-state index >= 15 is 0 Å². The topological polar surface area (TPSA) is 24.9 Å². The van der Waals surface area contributed by atoms with Gasteiger partial charge in [0.2, 0.25) is 0 Å². The largest absolute Gasteiger partial charge is 0.491 e. The predicted molar refractivity (Wildman–Crippen MR) is 145 cm³/mol. The van der Waals surface area contributed by atoms with Crippen molar-refractivity contribution in [1.82, 2.24) is 4.90 Å². The maximum Gasteiger partial charge on any atom is 0.119 e. The van der Waals surface area contributed by atoms with Gasteiger partial charge < -0.3 is 14.4 Å². The Morgan fingerprint density at radius 3 is 1.86 bits per heavy atom. The third-order valence-electron chi connectivity index (χ3n) is 7.29. The lowest BCUT2D eigenvalue weighted by molar-refractivity contribution is -0.0654. The van der Waals surface area contributed by atoms with Crippen molar-refractivity contribution < 1.29 is 9.47 Å². The van der Waals surface area contributed by atoms with Gasteiger partial charge in [0, 0.05) is 39.5 Å². The molecule has 0 aliphatic carbocycles. The van der Waals surface area contributed by atoms with Gasteiger partial charge in [-0.25, -0.2) is 0 Å². The summed E-state index contributed by atoms with van der Waals surface area (Å²) in [5.74, 6) is 0.921. The smallest absolute Gasteiger partial charge is 0.119 e. The van der Waals surface area contributed by atoms with Crippen LogP contribution in [0.2, 0.25) is 0 Å². The van der Waals surface area contributed by atoms with E-state index in [-0.39, 0.29) is 17.7 Å². The molecule has 0 spiro atoms. The lowest BCUT2D eigenvalue weighted by Gasteiger charge is -2.44. The van der Waals surface area contributed by atoms with Gasteiger partial charge in [-0.1, -0.05) is 60.7 Å². The Hall–Kier alpha value is -2.82. The van der Waals surface area contributed by atoms with Crippen molar-refractivity contribution in [3.8, 4) is 5.75 Å². The molecule has 1 aliphatic rings. The van der Waals surface area contributed by atoms with Crippen LogP contribution in [-0.4, -0.2) is 50.4 Å². The molecule has 35 heavy (non-hydrogen) atoms. The molecular weight excluding hydrogens is 432 g/mol. The summed E-state index contributed by atoms with van der Waals surface area (Å²) in [6.07, 6.45) is 3.28. The van der Waals surface area contributed by atoms with E-state index in [1.807, 2.05) is 7.11 Å². The van der Waals surface area contributed by atoms with Crippen molar-refractivity contribution in [2.45, 2.75) is 50.9 Å². The molecule has 1 aliphatic heterocycles. The van der Waals surface area contributed by atoms with Crippen molar-refractivity contribution in [2.24, 2.45) is 0 Å². The maximum absolute atomic E-state index is 6.19.